The molecule has 0 atom stereocenters. The Labute approximate surface area is 153 Å². The monoisotopic (exact) mass is 381 g/mol. The number of benzene rings is 2. The Bertz CT molecular complexity index is 851. The Kier molecular flexibility index (Phi) is 6.12. The number of Topliss-reactive ketones (excluding diaryl/α,β-unsaturated/α-hetero) is 1. The number of ether oxygens (including phenoxy) is 1. The van der Waals surface area contributed by atoms with Crippen LogP contribution in [-0.2, 0) is 16.0 Å². The number of hydrogen-bond donors (Lipinski definition) is 0. The van der Waals surface area contributed by atoms with E-state index in [4.69, 9.17) is 27.9 Å². The van der Waals surface area contributed by atoms with Crippen molar-refractivity contribution >= 4 is 40.6 Å². The van der Waals surface area contributed by atoms with Crippen molar-refractivity contribution in [1.82, 2.24) is 0 Å². The number of hydrogen-bond acceptors (Lipinski definition) is 5. The number of nitro benzene ring substituents is 1. The van der Waals surface area contributed by atoms with Crippen molar-refractivity contribution in [3.63, 3.8) is 0 Å². The van der Waals surface area contributed by atoms with Crippen LogP contribution in [0.15, 0.2) is 36.4 Å². The topological polar surface area (TPSA) is 86.5 Å². The number of carbonyl (C=O) groups excluding carboxylic acids is 2. The van der Waals surface area contributed by atoms with E-state index in [0.717, 1.165) is 0 Å². The minimum atomic E-state index is -0.617. The molecule has 0 aliphatic rings. The van der Waals surface area contributed by atoms with E-state index in [2.05, 4.69) is 0 Å². The highest BCUT2D eigenvalue weighted by Crippen LogP contribution is 2.23. The van der Waals surface area contributed by atoms with Crippen molar-refractivity contribution in [2.75, 3.05) is 6.61 Å². The van der Waals surface area contributed by atoms with Crippen LogP contribution in [0.1, 0.15) is 21.5 Å². The maximum Gasteiger partial charge on any atom is 0.310 e. The molecule has 0 aliphatic carbocycles. The predicted octanol–water partition coefficient (Wildman–Crippen LogP) is 4.18. The zero-order valence-corrected chi connectivity index (χ0v) is 14.6. The number of aryl methyl sites for hydroxylation is 1. The van der Waals surface area contributed by atoms with Crippen LogP contribution >= 0.6 is 23.2 Å². The normalized spacial score (nSPS) is 10.4. The smallest absolute Gasteiger partial charge is 0.310 e. The molecule has 130 valence electrons. The first-order valence-corrected chi connectivity index (χ1v) is 7.91. The molecule has 0 N–H and O–H groups in total. The molecule has 0 bridgehead atoms. The van der Waals surface area contributed by atoms with Gasteiger partial charge in [-0.15, -0.1) is 0 Å². The molecule has 6 nitrogen and oxygen atoms in total. The number of halogens is 2. The van der Waals surface area contributed by atoms with Gasteiger partial charge in [0.15, 0.2) is 6.61 Å². The van der Waals surface area contributed by atoms with Crippen molar-refractivity contribution in [3.05, 3.63) is 73.2 Å². The summed E-state index contributed by atoms with van der Waals surface area (Å²) in [7, 11) is 0. The first-order chi connectivity index (χ1) is 11.8. The summed E-state index contributed by atoms with van der Waals surface area (Å²) in [6.45, 7) is 1.07. The van der Waals surface area contributed by atoms with E-state index in [0.29, 0.717) is 21.2 Å². The third kappa shape index (κ3) is 5.01. The molecule has 0 amide bonds. The summed E-state index contributed by atoms with van der Waals surface area (Å²) in [5.41, 5.74) is 0.989. The third-order valence-electron chi connectivity index (χ3n) is 3.42. The highest BCUT2D eigenvalue weighted by atomic mass is 35.5. The molecule has 8 heteroatoms. The molecule has 0 aliphatic heterocycles. The highest BCUT2D eigenvalue weighted by Gasteiger charge is 2.16. The highest BCUT2D eigenvalue weighted by molar-refractivity contribution is 6.42. The third-order valence-corrected chi connectivity index (χ3v) is 4.16. The van der Waals surface area contributed by atoms with E-state index in [-0.39, 0.29) is 17.7 Å². The summed E-state index contributed by atoms with van der Waals surface area (Å²) in [6.07, 6.45) is -0.0712. The van der Waals surface area contributed by atoms with E-state index in [1.165, 1.54) is 24.3 Å². The van der Waals surface area contributed by atoms with Gasteiger partial charge in [-0.05, 0) is 24.6 Å². The van der Waals surface area contributed by atoms with Gasteiger partial charge in [-0.2, -0.15) is 0 Å². The van der Waals surface area contributed by atoms with Crippen molar-refractivity contribution < 1.29 is 19.2 Å². The molecule has 0 spiro atoms. The zero-order valence-electron chi connectivity index (χ0n) is 13.1. The van der Waals surface area contributed by atoms with E-state index in [9.17, 15) is 19.7 Å². The van der Waals surface area contributed by atoms with Gasteiger partial charge < -0.3 is 4.74 Å². The second kappa shape index (κ2) is 8.09. The van der Waals surface area contributed by atoms with Gasteiger partial charge in [-0.25, -0.2) is 0 Å². The molecule has 2 aromatic carbocycles. The molecule has 0 fully saturated rings. The standard InChI is InChI=1S/C17H13Cl2NO5/c1-10-2-4-12(8-15(10)20(23)24)16(21)9-25-17(22)7-11-3-5-13(18)14(19)6-11/h2-6,8H,7,9H2,1H3. The lowest BCUT2D eigenvalue weighted by atomic mass is 10.1. The second-order valence-corrected chi connectivity index (χ2v) is 6.08. The number of rotatable bonds is 6. The summed E-state index contributed by atoms with van der Waals surface area (Å²) in [4.78, 5) is 34.2. The van der Waals surface area contributed by atoms with Crippen molar-refractivity contribution in [3.8, 4) is 0 Å². The molecule has 0 unspecified atom stereocenters. The average Bonchev–Trinajstić information content (AvgIpc) is 2.56. The summed E-state index contributed by atoms with van der Waals surface area (Å²) in [5, 5.41) is 11.6. The van der Waals surface area contributed by atoms with Gasteiger partial charge in [0.05, 0.1) is 21.4 Å². The number of carbonyl (C=O) groups is 2. The van der Waals surface area contributed by atoms with E-state index >= 15 is 0 Å². The first kappa shape index (κ1) is 18.9. The molecule has 0 heterocycles. The first-order valence-electron chi connectivity index (χ1n) is 7.15. The van der Waals surface area contributed by atoms with E-state index in [1.807, 2.05) is 0 Å². The van der Waals surface area contributed by atoms with Gasteiger partial charge in [-0.1, -0.05) is 41.4 Å². The van der Waals surface area contributed by atoms with Gasteiger partial charge in [0.1, 0.15) is 0 Å². The fourth-order valence-electron chi connectivity index (χ4n) is 2.08. The lowest BCUT2D eigenvalue weighted by molar-refractivity contribution is -0.385. The maximum atomic E-state index is 12.0. The molecule has 0 saturated carbocycles. The van der Waals surface area contributed by atoms with Gasteiger partial charge in [0, 0.05) is 17.2 Å². The molecule has 2 aromatic rings. The van der Waals surface area contributed by atoms with Crippen LogP contribution in [0.2, 0.25) is 10.0 Å². The second-order valence-electron chi connectivity index (χ2n) is 5.27. The Balaban J connectivity index is 1.97. The Morgan fingerprint density at radius 1 is 1.12 bits per heavy atom. The number of nitro groups is 1. The maximum absolute atomic E-state index is 12.0. The quantitative estimate of drug-likeness (QED) is 0.324. The molecule has 0 radical (unpaired) electrons. The SMILES string of the molecule is Cc1ccc(C(=O)COC(=O)Cc2ccc(Cl)c(Cl)c2)cc1[N+](=O)[O-]. The fourth-order valence-corrected chi connectivity index (χ4v) is 2.40. The van der Waals surface area contributed by atoms with Crippen LogP contribution < -0.4 is 0 Å². The molecular weight excluding hydrogens is 369 g/mol. The van der Waals surface area contributed by atoms with Gasteiger partial charge >= 0.3 is 5.97 Å². The van der Waals surface area contributed by atoms with E-state index in [1.54, 1.807) is 19.1 Å². The molecule has 2 rings (SSSR count). The minimum Gasteiger partial charge on any atom is -0.457 e. The Hall–Kier alpha value is -2.44. The largest absolute Gasteiger partial charge is 0.457 e. The van der Waals surface area contributed by atoms with Crippen LogP contribution in [0.3, 0.4) is 0 Å². The van der Waals surface area contributed by atoms with Crippen molar-refractivity contribution in [2.45, 2.75) is 13.3 Å². The fraction of sp³-hybridized carbons (Fsp3) is 0.176. The Morgan fingerprint density at radius 2 is 1.84 bits per heavy atom. The number of esters is 1. The summed E-state index contributed by atoms with van der Waals surface area (Å²) >= 11 is 11.7. The number of nitrogens with zero attached hydrogens (tertiary/aromatic N) is 1. The Morgan fingerprint density at radius 3 is 2.48 bits per heavy atom. The lowest BCUT2D eigenvalue weighted by Crippen LogP contribution is -2.16. The van der Waals surface area contributed by atoms with Crippen molar-refractivity contribution in [1.29, 1.82) is 0 Å². The van der Waals surface area contributed by atoms with E-state index < -0.39 is 23.3 Å². The van der Waals surface area contributed by atoms with Crippen LogP contribution in [0, 0.1) is 17.0 Å². The minimum absolute atomic E-state index is 0.0712. The van der Waals surface area contributed by atoms with Crippen molar-refractivity contribution in [2.24, 2.45) is 0 Å². The molecular formula is C17H13Cl2NO5. The van der Waals surface area contributed by atoms with Crippen LogP contribution in [0.25, 0.3) is 0 Å². The van der Waals surface area contributed by atoms with Crippen LogP contribution in [0.4, 0.5) is 5.69 Å². The molecule has 0 saturated heterocycles. The molecule has 0 aromatic heterocycles. The van der Waals surface area contributed by atoms with Gasteiger partial charge in [0.25, 0.3) is 5.69 Å². The van der Waals surface area contributed by atoms with Crippen LogP contribution in [0.5, 0.6) is 0 Å². The van der Waals surface area contributed by atoms with Gasteiger partial charge in [0.2, 0.25) is 5.78 Å². The summed E-state index contributed by atoms with van der Waals surface area (Å²) in [5.74, 6) is -1.14. The predicted molar refractivity (Wildman–Crippen MR) is 93.3 cm³/mol. The molecule has 25 heavy (non-hydrogen) atoms. The summed E-state index contributed by atoms with van der Waals surface area (Å²) < 4.78 is 4.93. The average molecular weight is 382 g/mol. The number of ketones is 1. The summed E-state index contributed by atoms with van der Waals surface area (Å²) in [6, 6.07) is 8.82. The van der Waals surface area contributed by atoms with Gasteiger partial charge in [-0.3, -0.25) is 19.7 Å². The zero-order chi connectivity index (χ0) is 18.6. The van der Waals surface area contributed by atoms with Crippen LogP contribution in [-0.4, -0.2) is 23.3 Å². The lowest BCUT2D eigenvalue weighted by Gasteiger charge is -2.06.